The maximum absolute atomic E-state index is 6.28. The van der Waals surface area contributed by atoms with Gasteiger partial charge in [0.25, 0.3) is 0 Å². The van der Waals surface area contributed by atoms with Crippen LogP contribution in [0.1, 0.15) is 0 Å². The van der Waals surface area contributed by atoms with Crippen LogP contribution in [0, 0.1) is 0 Å². The van der Waals surface area contributed by atoms with Crippen LogP contribution < -0.4 is 4.90 Å². The quantitative estimate of drug-likeness (QED) is 0.190. The van der Waals surface area contributed by atoms with Crippen LogP contribution in [0.5, 0.6) is 0 Å². The summed E-state index contributed by atoms with van der Waals surface area (Å²) in [5, 5.41) is 7.18. The van der Waals surface area contributed by atoms with Crippen molar-refractivity contribution in [3.8, 4) is 16.8 Å². The van der Waals surface area contributed by atoms with Crippen molar-refractivity contribution >= 4 is 71.6 Å². The molecule has 0 unspecified atom stereocenters. The number of fused-ring (bicyclic) bond motifs is 7. The first-order valence-corrected chi connectivity index (χ1v) is 16.7. The molecule has 0 saturated carbocycles. The first kappa shape index (κ1) is 27.5. The van der Waals surface area contributed by atoms with Gasteiger partial charge >= 0.3 is 0 Å². The van der Waals surface area contributed by atoms with Crippen molar-refractivity contribution in [2.24, 2.45) is 0 Å². The Morgan fingerprint density at radius 2 is 0.980 bits per heavy atom. The van der Waals surface area contributed by atoms with Crippen LogP contribution in [-0.4, -0.2) is 4.57 Å². The highest BCUT2D eigenvalue weighted by atomic mass is 16.3. The zero-order valence-corrected chi connectivity index (χ0v) is 26.6. The number of furan rings is 1. The van der Waals surface area contributed by atoms with E-state index in [4.69, 9.17) is 4.42 Å². The first-order chi connectivity index (χ1) is 24.3. The number of anilines is 3. The van der Waals surface area contributed by atoms with Crippen molar-refractivity contribution in [1.29, 1.82) is 0 Å². The lowest BCUT2D eigenvalue weighted by atomic mass is 10.0. The molecular formula is C46H30N2O. The van der Waals surface area contributed by atoms with Gasteiger partial charge in [0.05, 0.1) is 16.7 Å². The van der Waals surface area contributed by atoms with E-state index in [1.54, 1.807) is 0 Å². The van der Waals surface area contributed by atoms with Crippen molar-refractivity contribution in [3.05, 3.63) is 182 Å². The minimum absolute atomic E-state index is 0.897. The molecule has 0 aliphatic carbocycles. The van der Waals surface area contributed by atoms with Crippen LogP contribution in [-0.2, 0) is 0 Å². The number of hydrogen-bond acceptors (Lipinski definition) is 2. The lowest BCUT2D eigenvalue weighted by molar-refractivity contribution is 0.669. The summed E-state index contributed by atoms with van der Waals surface area (Å²) in [6.45, 7) is 0. The molecule has 0 aliphatic heterocycles. The highest BCUT2D eigenvalue weighted by molar-refractivity contribution is 6.09. The minimum Gasteiger partial charge on any atom is -0.456 e. The summed E-state index contributed by atoms with van der Waals surface area (Å²) in [4.78, 5) is 2.39. The summed E-state index contributed by atoms with van der Waals surface area (Å²) in [6.07, 6.45) is 0. The first-order valence-electron chi connectivity index (χ1n) is 16.7. The Hall–Kier alpha value is -6.58. The van der Waals surface area contributed by atoms with Gasteiger partial charge in [-0.15, -0.1) is 0 Å². The largest absolute Gasteiger partial charge is 0.456 e. The zero-order valence-electron chi connectivity index (χ0n) is 26.6. The smallest absolute Gasteiger partial charge is 0.136 e. The molecule has 10 rings (SSSR count). The van der Waals surface area contributed by atoms with E-state index >= 15 is 0 Å². The van der Waals surface area contributed by atoms with Gasteiger partial charge in [-0.05, 0) is 83.2 Å². The van der Waals surface area contributed by atoms with Gasteiger partial charge in [-0.3, -0.25) is 0 Å². The Morgan fingerprint density at radius 1 is 0.388 bits per heavy atom. The number of para-hydroxylation sites is 3. The molecular weight excluding hydrogens is 597 g/mol. The molecule has 0 atom stereocenters. The predicted molar refractivity (Wildman–Crippen MR) is 206 cm³/mol. The van der Waals surface area contributed by atoms with Gasteiger partial charge in [-0.25, -0.2) is 0 Å². The summed E-state index contributed by atoms with van der Waals surface area (Å²) in [5.41, 5.74) is 10.9. The Bertz CT molecular complexity index is 2800. The molecule has 10 aromatic rings. The normalized spacial score (nSPS) is 11.7. The van der Waals surface area contributed by atoms with Gasteiger partial charge in [0.15, 0.2) is 0 Å². The van der Waals surface area contributed by atoms with E-state index in [0.717, 1.165) is 55.8 Å². The lowest BCUT2D eigenvalue weighted by Gasteiger charge is -2.28. The fourth-order valence-corrected chi connectivity index (χ4v) is 7.53. The van der Waals surface area contributed by atoms with Gasteiger partial charge in [0.2, 0.25) is 0 Å². The van der Waals surface area contributed by atoms with Crippen LogP contribution >= 0.6 is 0 Å². The molecule has 0 aliphatic rings. The maximum atomic E-state index is 6.28. The second-order valence-electron chi connectivity index (χ2n) is 12.6. The standard InChI is InChI=1S/C46H30N2O/c1-2-18-37-31(12-1)13-10-24-42(37)47(34-15-9-14-32(28-34)33-26-27-41-40-21-5-8-25-45(40)49-46(41)29-33)35-16-11-17-36(30-35)48-43-22-6-3-19-38(43)39-20-4-7-23-44(39)48/h1-30H. The zero-order chi connectivity index (χ0) is 32.3. The van der Waals surface area contributed by atoms with E-state index in [1.807, 2.05) is 12.1 Å². The fourth-order valence-electron chi connectivity index (χ4n) is 7.53. The van der Waals surface area contributed by atoms with E-state index in [9.17, 15) is 0 Å². The summed E-state index contributed by atoms with van der Waals surface area (Å²) in [5.74, 6) is 0. The molecule has 8 aromatic carbocycles. The number of aromatic nitrogens is 1. The maximum Gasteiger partial charge on any atom is 0.136 e. The molecule has 2 heterocycles. The Labute approximate surface area is 283 Å². The van der Waals surface area contributed by atoms with Crippen molar-refractivity contribution in [1.82, 2.24) is 4.57 Å². The van der Waals surface area contributed by atoms with Crippen LogP contribution in [0.15, 0.2) is 186 Å². The number of rotatable bonds is 5. The summed E-state index contributed by atoms with van der Waals surface area (Å²) in [6, 6.07) is 65.1. The highest BCUT2D eigenvalue weighted by Gasteiger charge is 2.19. The molecule has 0 bridgehead atoms. The number of benzene rings is 8. The molecule has 0 radical (unpaired) electrons. The Kier molecular flexibility index (Phi) is 6.18. The minimum atomic E-state index is 0.897. The van der Waals surface area contributed by atoms with Crippen LogP contribution in [0.2, 0.25) is 0 Å². The molecule has 0 fully saturated rings. The van der Waals surface area contributed by atoms with E-state index in [-0.39, 0.29) is 0 Å². The third-order valence-corrected chi connectivity index (χ3v) is 9.75. The molecule has 0 amide bonds. The van der Waals surface area contributed by atoms with Crippen molar-refractivity contribution < 1.29 is 4.42 Å². The predicted octanol–water partition coefficient (Wildman–Crippen LogP) is 13.0. The third kappa shape index (κ3) is 4.44. The van der Waals surface area contributed by atoms with E-state index in [1.165, 1.54) is 32.6 Å². The van der Waals surface area contributed by atoms with Crippen LogP contribution in [0.4, 0.5) is 17.1 Å². The second-order valence-corrected chi connectivity index (χ2v) is 12.6. The van der Waals surface area contributed by atoms with E-state index < -0.39 is 0 Å². The van der Waals surface area contributed by atoms with Gasteiger partial charge in [-0.2, -0.15) is 0 Å². The molecule has 3 nitrogen and oxygen atoms in total. The van der Waals surface area contributed by atoms with Gasteiger partial charge in [0, 0.05) is 44.0 Å². The topological polar surface area (TPSA) is 21.3 Å². The molecule has 0 N–H and O–H groups in total. The monoisotopic (exact) mass is 626 g/mol. The lowest BCUT2D eigenvalue weighted by Crippen LogP contribution is -2.11. The number of hydrogen-bond donors (Lipinski definition) is 0. The summed E-state index contributed by atoms with van der Waals surface area (Å²) in [7, 11) is 0. The van der Waals surface area contributed by atoms with E-state index in [2.05, 4.69) is 179 Å². The van der Waals surface area contributed by atoms with Gasteiger partial charge in [-0.1, -0.05) is 115 Å². The molecule has 2 aromatic heterocycles. The van der Waals surface area contributed by atoms with Crippen LogP contribution in [0.3, 0.4) is 0 Å². The highest BCUT2D eigenvalue weighted by Crippen LogP contribution is 2.42. The molecule has 0 saturated heterocycles. The molecule has 230 valence electrons. The van der Waals surface area contributed by atoms with E-state index in [0.29, 0.717) is 0 Å². The Balaban J connectivity index is 1.17. The van der Waals surface area contributed by atoms with Crippen molar-refractivity contribution in [2.45, 2.75) is 0 Å². The van der Waals surface area contributed by atoms with Gasteiger partial charge in [0.1, 0.15) is 11.2 Å². The van der Waals surface area contributed by atoms with Crippen molar-refractivity contribution in [3.63, 3.8) is 0 Å². The van der Waals surface area contributed by atoms with Gasteiger partial charge < -0.3 is 13.9 Å². The van der Waals surface area contributed by atoms with Crippen LogP contribution in [0.25, 0.3) is 71.3 Å². The van der Waals surface area contributed by atoms with Crippen molar-refractivity contribution in [2.75, 3.05) is 4.90 Å². The summed E-state index contributed by atoms with van der Waals surface area (Å²) < 4.78 is 8.66. The SMILES string of the molecule is c1cc(-c2ccc3c(c2)oc2ccccc23)cc(N(c2cccc(-n3c4ccccc4c4ccccc43)c2)c2cccc3ccccc23)c1. The second kappa shape index (κ2) is 11.0. The average Bonchev–Trinajstić information content (AvgIpc) is 3.71. The summed E-state index contributed by atoms with van der Waals surface area (Å²) >= 11 is 0. The Morgan fingerprint density at radius 3 is 1.80 bits per heavy atom. The molecule has 3 heteroatoms. The molecule has 0 spiro atoms. The average molecular weight is 627 g/mol. The molecule has 49 heavy (non-hydrogen) atoms. The number of nitrogens with zero attached hydrogens (tertiary/aromatic N) is 2. The third-order valence-electron chi connectivity index (χ3n) is 9.75. The fraction of sp³-hybridized carbons (Fsp3) is 0.